The van der Waals surface area contributed by atoms with Gasteiger partial charge < -0.3 is 9.88 Å². The Labute approximate surface area is 174 Å². The molecule has 1 aromatic heterocycles. The maximum absolute atomic E-state index is 12.5. The van der Waals surface area contributed by atoms with Crippen LogP contribution in [0.5, 0.6) is 0 Å². The predicted molar refractivity (Wildman–Crippen MR) is 112 cm³/mol. The van der Waals surface area contributed by atoms with Gasteiger partial charge in [-0.2, -0.15) is 0 Å². The van der Waals surface area contributed by atoms with E-state index in [0.717, 1.165) is 22.6 Å². The van der Waals surface area contributed by atoms with Gasteiger partial charge in [-0.15, -0.1) is 0 Å². The summed E-state index contributed by atoms with van der Waals surface area (Å²) in [6.07, 6.45) is 2.33. The molecule has 0 aliphatic carbocycles. The van der Waals surface area contributed by atoms with E-state index in [2.05, 4.69) is 10.3 Å². The van der Waals surface area contributed by atoms with E-state index < -0.39 is 0 Å². The van der Waals surface area contributed by atoms with Gasteiger partial charge in [0.05, 0.1) is 18.6 Å². The number of aromatic nitrogens is 2. The standard InChI is InChI=1S/C23H22N4O3/c1-15-16(2)27(14-24-15)20-9-7-19(8-10-20)25-23(30)18-5-3-17(4-6-18)13-26-21(28)11-12-22(26)29/h3-10,14H,11-13H2,1-2H3,(H,25,30). The summed E-state index contributed by atoms with van der Waals surface area (Å²) in [6.45, 7) is 4.22. The minimum absolute atomic E-state index is 0.147. The number of benzene rings is 2. The zero-order chi connectivity index (χ0) is 21.3. The molecule has 0 unspecified atom stereocenters. The third kappa shape index (κ3) is 3.87. The van der Waals surface area contributed by atoms with Crippen molar-refractivity contribution in [1.29, 1.82) is 0 Å². The molecule has 0 spiro atoms. The highest BCUT2D eigenvalue weighted by atomic mass is 16.2. The van der Waals surface area contributed by atoms with Crippen LogP contribution >= 0.6 is 0 Å². The topological polar surface area (TPSA) is 84.3 Å². The lowest BCUT2D eigenvalue weighted by Gasteiger charge is -2.14. The maximum Gasteiger partial charge on any atom is 0.255 e. The van der Waals surface area contributed by atoms with Crippen LogP contribution in [0.15, 0.2) is 54.9 Å². The fraction of sp³-hybridized carbons (Fsp3) is 0.217. The molecule has 1 fully saturated rings. The smallest absolute Gasteiger partial charge is 0.255 e. The van der Waals surface area contributed by atoms with Crippen LogP contribution in [0.2, 0.25) is 0 Å². The Morgan fingerprint density at radius 1 is 0.967 bits per heavy atom. The van der Waals surface area contributed by atoms with E-state index in [1.807, 2.05) is 42.7 Å². The van der Waals surface area contributed by atoms with Gasteiger partial charge in [0.2, 0.25) is 11.8 Å². The summed E-state index contributed by atoms with van der Waals surface area (Å²) < 4.78 is 2.00. The number of rotatable bonds is 5. The molecule has 0 saturated carbocycles. The van der Waals surface area contributed by atoms with Gasteiger partial charge in [0.15, 0.2) is 0 Å². The molecular weight excluding hydrogens is 380 g/mol. The maximum atomic E-state index is 12.5. The first-order chi connectivity index (χ1) is 14.4. The number of hydrogen-bond acceptors (Lipinski definition) is 4. The molecule has 2 heterocycles. The Balaban J connectivity index is 1.40. The summed E-state index contributed by atoms with van der Waals surface area (Å²) in [4.78, 5) is 41.6. The number of nitrogens with zero attached hydrogens (tertiary/aromatic N) is 3. The first-order valence-corrected chi connectivity index (χ1v) is 9.77. The van der Waals surface area contributed by atoms with Crippen LogP contribution in [0.1, 0.15) is 40.2 Å². The lowest BCUT2D eigenvalue weighted by molar-refractivity contribution is -0.139. The molecule has 1 saturated heterocycles. The first kappa shape index (κ1) is 19.6. The van der Waals surface area contributed by atoms with Crippen molar-refractivity contribution >= 4 is 23.4 Å². The highest BCUT2D eigenvalue weighted by Gasteiger charge is 2.28. The van der Waals surface area contributed by atoms with Crippen molar-refractivity contribution in [3.8, 4) is 5.69 Å². The minimum Gasteiger partial charge on any atom is -0.322 e. The number of likely N-dealkylation sites (tertiary alicyclic amines) is 1. The Bertz CT molecular complexity index is 1100. The Hall–Kier alpha value is -3.74. The summed E-state index contributed by atoms with van der Waals surface area (Å²) >= 11 is 0. The molecule has 152 valence electrons. The number of imide groups is 1. The molecule has 3 aromatic rings. The van der Waals surface area contributed by atoms with Gasteiger partial charge in [-0.05, 0) is 55.8 Å². The van der Waals surface area contributed by atoms with Crippen LogP contribution in [0.25, 0.3) is 5.69 Å². The minimum atomic E-state index is -0.225. The Morgan fingerprint density at radius 2 is 1.60 bits per heavy atom. The second-order valence-corrected chi connectivity index (χ2v) is 7.36. The van der Waals surface area contributed by atoms with Crippen molar-refractivity contribution in [3.63, 3.8) is 0 Å². The average Bonchev–Trinajstić information content (AvgIpc) is 3.25. The third-order valence-corrected chi connectivity index (χ3v) is 5.37. The fourth-order valence-corrected chi connectivity index (χ4v) is 3.41. The zero-order valence-electron chi connectivity index (χ0n) is 16.9. The number of aryl methyl sites for hydroxylation is 1. The van der Waals surface area contributed by atoms with Gasteiger partial charge in [-0.3, -0.25) is 19.3 Å². The van der Waals surface area contributed by atoms with Gasteiger partial charge in [0.25, 0.3) is 5.91 Å². The molecule has 7 heteroatoms. The SMILES string of the molecule is Cc1ncn(-c2ccc(NC(=O)c3ccc(CN4C(=O)CCC4=O)cc3)cc2)c1C. The lowest BCUT2D eigenvalue weighted by Crippen LogP contribution is -2.28. The van der Waals surface area contributed by atoms with Gasteiger partial charge in [-0.25, -0.2) is 4.98 Å². The normalized spacial score (nSPS) is 13.7. The molecule has 3 amide bonds. The molecule has 0 radical (unpaired) electrons. The van der Waals surface area contributed by atoms with E-state index >= 15 is 0 Å². The monoisotopic (exact) mass is 402 g/mol. The van der Waals surface area contributed by atoms with Crippen LogP contribution < -0.4 is 5.32 Å². The van der Waals surface area contributed by atoms with Crippen molar-refractivity contribution in [1.82, 2.24) is 14.5 Å². The summed E-state index contributed by atoms with van der Waals surface area (Å²) in [5.74, 6) is -0.519. The molecule has 1 aliphatic heterocycles. The number of amides is 3. The fourth-order valence-electron chi connectivity index (χ4n) is 3.41. The summed E-state index contributed by atoms with van der Waals surface area (Å²) in [6, 6.07) is 14.5. The van der Waals surface area contributed by atoms with E-state index in [1.165, 1.54) is 4.90 Å². The van der Waals surface area contributed by atoms with Gasteiger partial charge in [0, 0.05) is 35.5 Å². The molecule has 1 aliphatic rings. The van der Waals surface area contributed by atoms with Crippen LogP contribution in [0.3, 0.4) is 0 Å². The zero-order valence-corrected chi connectivity index (χ0v) is 16.9. The second kappa shape index (κ2) is 7.94. The van der Waals surface area contributed by atoms with Crippen molar-refractivity contribution in [2.45, 2.75) is 33.2 Å². The summed E-state index contributed by atoms with van der Waals surface area (Å²) in [7, 11) is 0. The van der Waals surface area contributed by atoms with E-state index in [0.29, 0.717) is 11.3 Å². The summed E-state index contributed by atoms with van der Waals surface area (Å²) in [5, 5.41) is 2.88. The van der Waals surface area contributed by atoms with E-state index in [4.69, 9.17) is 0 Å². The van der Waals surface area contributed by atoms with Crippen LogP contribution in [0, 0.1) is 13.8 Å². The quantitative estimate of drug-likeness (QED) is 0.663. The number of anilines is 1. The van der Waals surface area contributed by atoms with Crippen molar-refractivity contribution in [2.75, 3.05) is 5.32 Å². The molecule has 1 N–H and O–H groups in total. The molecule has 0 bridgehead atoms. The molecular formula is C23H22N4O3. The third-order valence-electron chi connectivity index (χ3n) is 5.37. The average molecular weight is 402 g/mol. The number of carbonyl (C=O) groups excluding carboxylic acids is 3. The number of nitrogens with one attached hydrogen (secondary N) is 1. The lowest BCUT2D eigenvalue weighted by atomic mass is 10.1. The van der Waals surface area contributed by atoms with Crippen LogP contribution in [-0.2, 0) is 16.1 Å². The van der Waals surface area contributed by atoms with Gasteiger partial charge in [-0.1, -0.05) is 12.1 Å². The van der Waals surface area contributed by atoms with Crippen LogP contribution in [0.4, 0.5) is 5.69 Å². The highest BCUT2D eigenvalue weighted by molar-refractivity contribution is 6.04. The highest BCUT2D eigenvalue weighted by Crippen LogP contribution is 2.19. The van der Waals surface area contributed by atoms with Gasteiger partial charge >= 0.3 is 0 Å². The number of carbonyl (C=O) groups is 3. The van der Waals surface area contributed by atoms with Crippen molar-refractivity contribution < 1.29 is 14.4 Å². The van der Waals surface area contributed by atoms with E-state index in [-0.39, 0.29) is 37.1 Å². The van der Waals surface area contributed by atoms with E-state index in [9.17, 15) is 14.4 Å². The van der Waals surface area contributed by atoms with Gasteiger partial charge in [0.1, 0.15) is 0 Å². The van der Waals surface area contributed by atoms with Crippen molar-refractivity contribution in [2.24, 2.45) is 0 Å². The predicted octanol–water partition coefficient (Wildman–Crippen LogP) is 3.39. The molecule has 7 nitrogen and oxygen atoms in total. The molecule has 30 heavy (non-hydrogen) atoms. The second-order valence-electron chi connectivity index (χ2n) is 7.36. The Morgan fingerprint density at radius 3 is 2.17 bits per heavy atom. The largest absolute Gasteiger partial charge is 0.322 e. The number of hydrogen-bond donors (Lipinski definition) is 1. The molecule has 2 aromatic carbocycles. The van der Waals surface area contributed by atoms with Crippen LogP contribution in [-0.4, -0.2) is 32.2 Å². The van der Waals surface area contributed by atoms with Crippen molar-refractivity contribution in [3.05, 3.63) is 77.4 Å². The number of imidazole rings is 1. The molecule has 4 rings (SSSR count). The van der Waals surface area contributed by atoms with E-state index in [1.54, 1.807) is 30.6 Å². The molecule has 0 atom stereocenters. The Kier molecular flexibility index (Phi) is 5.18. The summed E-state index contributed by atoms with van der Waals surface area (Å²) in [5.41, 5.74) is 5.03. The first-order valence-electron chi connectivity index (χ1n) is 9.77.